The molecule has 0 saturated heterocycles. The predicted molar refractivity (Wildman–Crippen MR) is 53.1 cm³/mol. The molecule has 1 rings (SSSR count). The standard InChI is InChI=1S/C9H11ClN2O2/c1-6-4-7(5-11-8(6)10)9(13)12(2)14-3/h4-5H,1-3H3. The number of aryl methyl sites for hydroxylation is 1. The average Bonchev–Trinajstić information content (AvgIpc) is 2.20. The highest BCUT2D eigenvalue weighted by Gasteiger charge is 2.12. The molecule has 0 saturated carbocycles. The number of aromatic nitrogens is 1. The van der Waals surface area contributed by atoms with Crippen molar-refractivity contribution in [2.45, 2.75) is 6.92 Å². The van der Waals surface area contributed by atoms with Crippen LogP contribution in [0.15, 0.2) is 12.3 Å². The highest BCUT2D eigenvalue weighted by atomic mass is 35.5. The fourth-order valence-electron chi connectivity index (χ4n) is 0.940. The van der Waals surface area contributed by atoms with Crippen LogP contribution in [0.3, 0.4) is 0 Å². The maximum Gasteiger partial charge on any atom is 0.278 e. The topological polar surface area (TPSA) is 42.4 Å². The summed E-state index contributed by atoms with van der Waals surface area (Å²) >= 11 is 5.73. The van der Waals surface area contributed by atoms with Crippen LogP contribution in [0.4, 0.5) is 0 Å². The van der Waals surface area contributed by atoms with Crippen molar-refractivity contribution in [3.05, 3.63) is 28.5 Å². The molecule has 0 aliphatic rings. The molecule has 1 aromatic heterocycles. The van der Waals surface area contributed by atoms with Crippen molar-refractivity contribution in [3.63, 3.8) is 0 Å². The van der Waals surface area contributed by atoms with Gasteiger partial charge in [-0.3, -0.25) is 9.63 Å². The number of pyridine rings is 1. The highest BCUT2D eigenvalue weighted by Crippen LogP contribution is 2.13. The smallest absolute Gasteiger partial charge is 0.274 e. The number of amides is 1. The van der Waals surface area contributed by atoms with Gasteiger partial charge in [0.25, 0.3) is 5.91 Å². The Morgan fingerprint density at radius 2 is 2.29 bits per heavy atom. The zero-order valence-corrected chi connectivity index (χ0v) is 9.00. The minimum absolute atomic E-state index is 0.250. The summed E-state index contributed by atoms with van der Waals surface area (Å²) in [4.78, 5) is 20.2. The molecule has 1 heterocycles. The molecule has 0 bridgehead atoms. The van der Waals surface area contributed by atoms with Gasteiger partial charge in [-0.15, -0.1) is 0 Å². The van der Waals surface area contributed by atoms with E-state index in [0.29, 0.717) is 10.7 Å². The van der Waals surface area contributed by atoms with E-state index in [9.17, 15) is 4.79 Å². The van der Waals surface area contributed by atoms with Gasteiger partial charge in [0, 0.05) is 13.2 Å². The molecular weight excluding hydrogens is 204 g/mol. The molecule has 1 amide bonds. The van der Waals surface area contributed by atoms with Crippen molar-refractivity contribution in [1.29, 1.82) is 0 Å². The van der Waals surface area contributed by atoms with Crippen molar-refractivity contribution in [1.82, 2.24) is 10.0 Å². The summed E-state index contributed by atoms with van der Waals surface area (Å²) < 4.78 is 0. The molecule has 0 aromatic carbocycles. The van der Waals surface area contributed by atoms with E-state index < -0.39 is 0 Å². The van der Waals surface area contributed by atoms with Gasteiger partial charge < -0.3 is 0 Å². The summed E-state index contributed by atoms with van der Waals surface area (Å²) in [5, 5.41) is 1.53. The Morgan fingerprint density at radius 3 is 2.79 bits per heavy atom. The third-order valence-corrected chi connectivity index (χ3v) is 2.22. The molecule has 0 atom stereocenters. The van der Waals surface area contributed by atoms with Gasteiger partial charge in [0.2, 0.25) is 0 Å². The summed E-state index contributed by atoms with van der Waals surface area (Å²) in [7, 11) is 2.96. The Kier molecular flexibility index (Phi) is 3.43. The first-order chi connectivity index (χ1) is 6.56. The average molecular weight is 215 g/mol. The van der Waals surface area contributed by atoms with Gasteiger partial charge in [-0.2, -0.15) is 0 Å². The first kappa shape index (κ1) is 10.9. The summed E-state index contributed by atoms with van der Waals surface area (Å²) in [5.41, 5.74) is 1.22. The lowest BCUT2D eigenvalue weighted by atomic mass is 10.2. The van der Waals surface area contributed by atoms with Gasteiger partial charge in [-0.1, -0.05) is 11.6 Å². The van der Waals surface area contributed by atoms with Gasteiger partial charge in [-0.25, -0.2) is 10.0 Å². The minimum atomic E-state index is -0.250. The Labute approximate surface area is 87.4 Å². The molecule has 14 heavy (non-hydrogen) atoms. The monoisotopic (exact) mass is 214 g/mol. The van der Waals surface area contributed by atoms with E-state index in [-0.39, 0.29) is 5.91 Å². The van der Waals surface area contributed by atoms with Crippen molar-refractivity contribution in [2.24, 2.45) is 0 Å². The molecule has 0 N–H and O–H groups in total. The van der Waals surface area contributed by atoms with Crippen LogP contribution in [0.1, 0.15) is 15.9 Å². The van der Waals surface area contributed by atoms with Crippen molar-refractivity contribution in [3.8, 4) is 0 Å². The Hall–Kier alpha value is -1.13. The number of halogens is 1. The normalized spacial score (nSPS) is 10.0. The van der Waals surface area contributed by atoms with Crippen LogP contribution in [0.25, 0.3) is 0 Å². The molecule has 0 spiro atoms. The van der Waals surface area contributed by atoms with Crippen LogP contribution in [0.2, 0.25) is 5.15 Å². The summed E-state index contributed by atoms with van der Waals surface area (Å²) in [5.74, 6) is -0.250. The van der Waals surface area contributed by atoms with Gasteiger partial charge in [0.1, 0.15) is 5.15 Å². The lowest BCUT2D eigenvalue weighted by molar-refractivity contribution is -0.0757. The van der Waals surface area contributed by atoms with Gasteiger partial charge in [0.05, 0.1) is 12.7 Å². The molecule has 76 valence electrons. The SMILES string of the molecule is CON(C)C(=O)c1cnc(Cl)c(C)c1. The largest absolute Gasteiger partial charge is 0.278 e. The number of hydrogen-bond donors (Lipinski definition) is 0. The second-order valence-electron chi connectivity index (χ2n) is 2.82. The number of carbonyl (C=O) groups excluding carboxylic acids is 1. The zero-order valence-electron chi connectivity index (χ0n) is 8.24. The van der Waals surface area contributed by atoms with E-state index in [1.54, 1.807) is 13.0 Å². The molecule has 1 aromatic rings. The van der Waals surface area contributed by atoms with E-state index in [1.807, 2.05) is 0 Å². The second-order valence-corrected chi connectivity index (χ2v) is 3.17. The van der Waals surface area contributed by atoms with E-state index >= 15 is 0 Å². The summed E-state index contributed by atoms with van der Waals surface area (Å²) in [6, 6.07) is 1.67. The fraction of sp³-hybridized carbons (Fsp3) is 0.333. The fourth-order valence-corrected chi connectivity index (χ4v) is 1.04. The van der Waals surface area contributed by atoms with E-state index in [0.717, 1.165) is 10.6 Å². The Morgan fingerprint density at radius 1 is 1.64 bits per heavy atom. The number of carbonyl (C=O) groups is 1. The first-order valence-corrected chi connectivity index (χ1v) is 4.38. The Bertz CT molecular complexity index is 355. The number of hydroxylamine groups is 2. The summed E-state index contributed by atoms with van der Waals surface area (Å²) in [6.45, 7) is 1.79. The predicted octanol–water partition coefficient (Wildman–Crippen LogP) is 1.68. The maximum atomic E-state index is 11.6. The van der Waals surface area contributed by atoms with Crippen LogP contribution in [0, 0.1) is 6.92 Å². The van der Waals surface area contributed by atoms with Gasteiger partial charge in [-0.05, 0) is 18.6 Å². The molecule has 0 fully saturated rings. The third kappa shape index (κ3) is 2.21. The summed E-state index contributed by atoms with van der Waals surface area (Å²) in [6.07, 6.45) is 1.42. The molecule has 5 heteroatoms. The number of rotatable bonds is 2. The number of hydrogen-bond acceptors (Lipinski definition) is 3. The minimum Gasteiger partial charge on any atom is -0.274 e. The van der Waals surface area contributed by atoms with Gasteiger partial charge >= 0.3 is 0 Å². The molecule has 0 radical (unpaired) electrons. The van der Waals surface area contributed by atoms with Crippen LogP contribution in [-0.4, -0.2) is 30.1 Å². The quantitative estimate of drug-likeness (QED) is 0.556. The van der Waals surface area contributed by atoms with Crippen molar-refractivity contribution < 1.29 is 9.63 Å². The highest BCUT2D eigenvalue weighted by molar-refractivity contribution is 6.30. The Balaban J connectivity index is 2.97. The van der Waals surface area contributed by atoms with Crippen LogP contribution in [-0.2, 0) is 4.84 Å². The van der Waals surface area contributed by atoms with Crippen LogP contribution < -0.4 is 0 Å². The molecule has 0 aliphatic carbocycles. The third-order valence-electron chi connectivity index (χ3n) is 1.82. The lowest BCUT2D eigenvalue weighted by Gasteiger charge is -2.13. The molecule has 0 aliphatic heterocycles. The van der Waals surface area contributed by atoms with Crippen LogP contribution in [0.5, 0.6) is 0 Å². The molecular formula is C9H11ClN2O2. The van der Waals surface area contributed by atoms with E-state index in [4.69, 9.17) is 16.4 Å². The zero-order chi connectivity index (χ0) is 10.7. The van der Waals surface area contributed by atoms with Crippen molar-refractivity contribution in [2.75, 3.05) is 14.2 Å². The van der Waals surface area contributed by atoms with Gasteiger partial charge in [0.15, 0.2) is 0 Å². The van der Waals surface area contributed by atoms with E-state index in [2.05, 4.69) is 4.98 Å². The second kappa shape index (κ2) is 4.39. The first-order valence-electron chi connectivity index (χ1n) is 4.00. The van der Waals surface area contributed by atoms with E-state index in [1.165, 1.54) is 20.4 Å². The maximum absolute atomic E-state index is 11.6. The lowest BCUT2D eigenvalue weighted by Crippen LogP contribution is -2.25. The van der Waals surface area contributed by atoms with Crippen LogP contribution >= 0.6 is 11.6 Å². The van der Waals surface area contributed by atoms with Crippen molar-refractivity contribution >= 4 is 17.5 Å². The molecule has 0 unspecified atom stereocenters. The molecule has 4 nitrogen and oxygen atoms in total. The number of nitrogens with zero attached hydrogens (tertiary/aromatic N) is 2.